The second-order valence-corrected chi connectivity index (χ2v) is 4.56. The van der Waals surface area contributed by atoms with Crippen LogP contribution < -0.4 is 0 Å². The van der Waals surface area contributed by atoms with Gasteiger partial charge in [-0.05, 0) is 27.2 Å². The molecule has 0 aromatic heterocycles. The largest absolute Gasteiger partial charge is 0.341 e. The van der Waals surface area contributed by atoms with Gasteiger partial charge < -0.3 is 9.47 Å². The molecule has 0 aromatic carbocycles. The quantitative estimate of drug-likeness (QED) is 0.685. The lowest BCUT2D eigenvalue weighted by Crippen LogP contribution is -2.51. The second kappa shape index (κ2) is 3.99. The number of rotatable bonds is 2. The van der Waals surface area contributed by atoms with E-state index in [4.69, 9.17) is 9.47 Å². The topological polar surface area (TPSA) is 35.5 Å². The number of carbonyl (C=O) groups is 1. The first-order valence-corrected chi connectivity index (χ1v) is 5.25. The predicted octanol–water partition coefficient (Wildman–Crippen LogP) is 2.14. The van der Waals surface area contributed by atoms with Crippen LogP contribution in [0.1, 0.15) is 41.0 Å². The molecular formula is C11H20O3. The van der Waals surface area contributed by atoms with E-state index in [1.807, 2.05) is 27.7 Å². The lowest BCUT2D eigenvalue weighted by Gasteiger charge is -2.40. The first-order chi connectivity index (χ1) is 6.35. The molecule has 3 heteroatoms. The van der Waals surface area contributed by atoms with Crippen LogP contribution in [-0.2, 0) is 14.3 Å². The maximum atomic E-state index is 11.9. The highest BCUT2D eigenvalue weighted by atomic mass is 16.7. The van der Waals surface area contributed by atoms with Crippen LogP contribution in [0.2, 0.25) is 0 Å². The Morgan fingerprint density at radius 2 is 1.71 bits per heavy atom. The summed E-state index contributed by atoms with van der Waals surface area (Å²) in [4.78, 5) is 11.9. The highest BCUT2D eigenvalue weighted by molar-refractivity contribution is 5.87. The van der Waals surface area contributed by atoms with Crippen LogP contribution in [0, 0.1) is 5.92 Å². The molecule has 0 amide bonds. The summed E-state index contributed by atoms with van der Waals surface area (Å²) in [7, 11) is 0. The number of ketones is 1. The molecular weight excluding hydrogens is 180 g/mol. The van der Waals surface area contributed by atoms with Crippen LogP contribution in [0.25, 0.3) is 0 Å². The maximum Gasteiger partial charge on any atom is 0.226 e. The molecule has 0 unspecified atom stereocenters. The average molecular weight is 200 g/mol. The molecule has 1 heterocycles. The van der Waals surface area contributed by atoms with Gasteiger partial charge in [-0.25, -0.2) is 0 Å². The molecule has 1 aliphatic heterocycles. The van der Waals surface area contributed by atoms with E-state index in [-0.39, 0.29) is 23.9 Å². The van der Waals surface area contributed by atoms with Crippen LogP contribution in [0.3, 0.4) is 0 Å². The Morgan fingerprint density at radius 1 is 1.29 bits per heavy atom. The SMILES string of the molecule is CC(C)C(=O)C1(C)O[C@H](C)C[C@@H](C)O1. The standard InChI is InChI=1S/C11H20O3/c1-7(2)10(12)11(5)13-8(3)6-9(4)14-11/h7-9H,6H2,1-5H3/t8-,9-/m1/s1. The molecule has 0 N–H and O–H groups in total. The zero-order chi connectivity index (χ0) is 10.9. The molecule has 1 saturated heterocycles. The third-order valence-corrected chi connectivity index (χ3v) is 2.49. The van der Waals surface area contributed by atoms with Crippen molar-refractivity contribution >= 4 is 5.78 Å². The number of hydrogen-bond acceptors (Lipinski definition) is 3. The van der Waals surface area contributed by atoms with E-state index in [0.717, 1.165) is 6.42 Å². The van der Waals surface area contributed by atoms with Crippen molar-refractivity contribution in [1.82, 2.24) is 0 Å². The maximum absolute atomic E-state index is 11.9. The fraction of sp³-hybridized carbons (Fsp3) is 0.909. The van der Waals surface area contributed by atoms with Crippen molar-refractivity contribution < 1.29 is 14.3 Å². The Morgan fingerprint density at radius 3 is 2.07 bits per heavy atom. The average Bonchev–Trinajstić information content (AvgIpc) is 1.99. The molecule has 0 radical (unpaired) electrons. The molecule has 14 heavy (non-hydrogen) atoms. The van der Waals surface area contributed by atoms with Gasteiger partial charge in [0.25, 0.3) is 0 Å². The monoisotopic (exact) mass is 200 g/mol. The normalized spacial score (nSPS) is 38.7. The van der Waals surface area contributed by atoms with Crippen LogP contribution in [0.4, 0.5) is 0 Å². The third-order valence-electron chi connectivity index (χ3n) is 2.49. The minimum atomic E-state index is -1.04. The van der Waals surface area contributed by atoms with E-state index in [1.165, 1.54) is 0 Å². The molecule has 0 bridgehead atoms. The lowest BCUT2D eigenvalue weighted by atomic mass is 9.99. The highest BCUT2D eigenvalue weighted by Crippen LogP contribution is 2.29. The molecule has 0 saturated carbocycles. The van der Waals surface area contributed by atoms with Gasteiger partial charge in [0, 0.05) is 5.92 Å². The molecule has 1 aliphatic rings. The highest BCUT2D eigenvalue weighted by Gasteiger charge is 2.43. The van der Waals surface area contributed by atoms with E-state index in [1.54, 1.807) is 6.92 Å². The molecule has 1 rings (SSSR count). The van der Waals surface area contributed by atoms with E-state index in [2.05, 4.69) is 0 Å². The summed E-state index contributed by atoms with van der Waals surface area (Å²) >= 11 is 0. The Hall–Kier alpha value is -0.410. The van der Waals surface area contributed by atoms with Gasteiger partial charge in [-0.1, -0.05) is 13.8 Å². The molecule has 0 aliphatic carbocycles. The van der Waals surface area contributed by atoms with Gasteiger partial charge in [-0.3, -0.25) is 4.79 Å². The van der Waals surface area contributed by atoms with Gasteiger partial charge in [-0.15, -0.1) is 0 Å². The van der Waals surface area contributed by atoms with E-state index < -0.39 is 5.79 Å². The van der Waals surface area contributed by atoms with Gasteiger partial charge in [0.05, 0.1) is 12.2 Å². The summed E-state index contributed by atoms with van der Waals surface area (Å²) < 4.78 is 11.2. The van der Waals surface area contributed by atoms with Crippen molar-refractivity contribution in [2.24, 2.45) is 5.92 Å². The summed E-state index contributed by atoms with van der Waals surface area (Å²) in [5.41, 5.74) is 0. The number of Topliss-reactive ketones (excluding diaryl/α,β-unsaturated/α-hetero) is 1. The van der Waals surface area contributed by atoms with Crippen molar-refractivity contribution in [3.05, 3.63) is 0 Å². The van der Waals surface area contributed by atoms with Gasteiger partial charge in [0.15, 0.2) is 5.78 Å². The van der Waals surface area contributed by atoms with Crippen molar-refractivity contribution in [3.8, 4) is 0 Å². The predicted molar refractivity (Wildman–Crippen MR) is 54.0 cm³/mol. The first-order valence-electron chi connectivity index (χ1n) is 5.25. The van der Waals surface area contributed by atoms with Crippen molar-refractivity contribution in [2.75, 3.05) is 0 Å². The number of ether oxygens (including phenoxy) is 2. The fourth-order valence-corrected chi connectivity index (χ4v) is 2.00. The molecule has 3 nitrogen and oxygen atoms in total. The summed E-state index contributed by atoms with van der Waals surface area (Å²) in [5.74, 6) is -1.07. The van der Waals surface area contributed by atoms with E-state index >= 15 is 0 Å². The smallest absolute Gasteiger partial charge is 0.226 e. The van der Waals surface area contributed by atoms with Gasteiger partial charge in [0.1, 0.15) is 0 Å². The zero-order valence-electron chi connectivity index (χ0n) is 9.66. The third kappa shape index (κ3) is 2.34. The fourth-order valence-electron chi connectivity index (χ4n) is 2.00. The van der Waals surface area contributed by atoms with E-state index in [0.29, 0.717) is 0 Å². The molecule has 0 spiro atoms. The Labute approximate surface area is 85.8 Å². The number of hydrogen-bond donors (Lipinski definition) is 0. The van der Waals surface area contributed by atoms with Crippen LogP contribution in [0.15, 0.2) is 0 Å². The zero-order valence-corrected chi connectivity index (χ0v) is 9.66. The number of carbonyl (C=O) groups excluding carboxylic acids is 1. The van der Waals surface area contributed by atoms with Gasteiger partial charge in [0.2, 0.25) is 5.79 Å². The molecule has 82 valence electrons. The molecule has 1 fully saturated rings. The van der Waals surface area contributed by atoms with Crippen LogP contribution >= 0.6 is 0 Å². The minimum absolute atomic E-state index is 0.0240. The van der Waals surface area contributed by atoms with Gasteiger partial charge in [-0.2, -0.15) is 0 Å². The first kappa shape index (κ1) is 11.7. The van der Waals surface area contributed by atoms with Gasteiger partial charge >= 0.3 is 0 Å². The van der Waals surface area contributed by atoms with E-state index in [9.17, 15) is 4.79 Å². The van der Waals surface area contributed by atoms with Crippen LogP contribution in [0.5, 0.6) is 0 Å². The minimum Gasteiger partial charge on any atom is -0.341 e. The summed E-state index contributed by atoms with van der Waals surface area (Å²) in [6.07, 6.45) is 1.03. The van der Waals surface area contributed by atoms with Crippen molar-refractivity contribution in [1.29, 1.82) is 0 Å². The van der Waals surface area contributed by atoms with Crippen molar-refractivity contribution in [2.45, 2.75) is 59.0 Å². The van der Waals surface area contributed by atoms with Crippen LogP contribution in [-0.4, -0.2) is 23.8 Å². The Bertz CT molecular complexity index is 213. The summed E-state index contributed by atoms with van der Waals surface area (Å²) in [6, 6.07) is 0. The summed E-state index contributed by atoms with van der Waals surface area (Å²) in [5, 5.41) is 0. The van der Waals surface area contributed by atoms with Crippen molar-refractivity contribution in [3.63, 3.8) is 0 Å². The Balaban J connectivity index is 2.77. The molecule has 2 atom stereocenters. The summed E-state index contributed by atoms with van der Waals surface area (Å²) in [6.45, 7) is 9.41. The molecule has 0 aromatic rings. The second-order valence-electron chi connectivity index (χ2n) is 4.56. The Kier molecular flexibility index (Phi) is 3.32. The lowest BCUT2D eigenvalue weighted by molar-refractivity contribution is -0.286.